The van der Waals surface area contributed by atoms with Gasteiger partial charge in [-0.1, -0.05) is 23.7 Å². The van der Waals surface area contributed by atoms with Gasteiger partial charge in [-0.3, -0.25) is 14.8 Å². The number of amides is 1. The highest BCUT2D eigenvalue weighted by molar-refractivity contribution is 9.10. The highest BCUT2D eigenvalue weighted by atomic mass is 79.9. The smallest absolute Gasteiger partial charge is 0.357 e. The minimum atomic E-state index is -1.18. The summed E-state index contributed by atoms with van der Waals surface area (Å²) >= 11 is 9.18. The van der Waals surface area contributed by atoms with Crippen molar-refractivity contribution in [2.75, 3.05) is 4.90 Å². The summed E-state index contributed by atoms with van der Waals surface area (Å²) in [6.07, 6.45) is 0. The second kappa shape index (κ2) is 4.60. The molecule has 0 spiro atoms. The zero-order valence-corrected chi connectivity index (χ0v) is 12.2. The van der Waals surface area contributed by atoms with Crippen LogP contribution in [0.1, 0.15) is 26.4 Å². The molecule has 2 aromatic rings. The zero-order valence-electron chi connectivity index (χ0n) is 9.85. The molecule has 8 heteroatoms. The van der Waals surface area contributed by atoms with E-state index < -0.39 is 5.97 Å². The Hall–Kier alpha value is -1.86. The molecule has 1 aromatic heterocycles. The molecule has 1 aliphatic heterocycles. The van der Waals surface area contributed by atoms with Gasteiger partial charge in [-0.05, 0) is 27.6 Å². The molecule has 0 saturated carbocycles. The highest BCUT2D eigenvalue weighted by Crippen LogP contribution is 2.35. The molecule has 1 amide bonds. The van der Waals surface area contributed by atoms with E-state index in [1.807, 2.05) is 6.07 Å². The lowest BCUT2D eigenvalue weighted by molar-refractivity contribution is 0.0689. The third-order valence-electron chi connectivity index (χ3n) is 3.05. The maximum absolute atomic E-state index is 12.4. The summed E-state index contributed by atoms with van der Waals surface area (Å²) in [5, 5.41) is 15.6. The van der Waals surface area contributed by atoms with Gasteiger partial charge >= 0.3 is 5.97 Å². The number of aromatic amines is 1. The molecule has 0 aliphatic carbocycles. The maximum atomic E-state index is 12.4. The number of fused-ring (bicyclic) bond motifs is 1. The molecule has 1 aliphatic rings. The second-order valence-corrected chi connectivity index (χ2v) is 5.41. The van der Waals surface area contributed by atoms with Crippen LogP contribution in [0.5, 0.6) is 0 Å². The van der Waals surface area contributed by atoms with Crippen molar-refractivity contribution in [2.24, 2.45) is 0 Å². The molecule has 0 fully saturated rings. The molecule has 20 heavy (non-hydrogen) atoms. The Kier molecular flexibility index (Phi) is 3.02. The van der Waals surface area contributed by atoms with E-state index >= 15 is 0 Å². The van der Waals surface area contributed by atoms with Gasteiger partial charge in [-0.2, -0.15) is 5.10 Å². The number of nitrogens with zero attached hydrogens (tertiary/aromatic N) is 2. The Bertz CT molecular complexity index is 744. The van der Waals surface area contributed by atoms with E-state index in [4.69, 9.17) is 16.7 Å². The van der Waals surface area contributed by atoms with Gasteiger partial charge in [0.25, 0.3) is 5.91 Å². The Morgan fingerprint density at radius 3 is 2.85 bits per heavy atom. The molecule has 0 atom stereocenters. The fourth-order valence-electron chi connectivity index (χ4n) is 2.14. The van der Waals surface area contributed by atoms with Crippen LogP contribution in [-0.2, 0) is 6.54 Å². The first kappa shape index (κ1) is 13.1. The molecule has 102 valence electrons. The van der Waals surface area contributed by atoms with Crippen LogP contribution in [0.3, 0.4) is 0 Å². The quantitative estimate of drug-likeness (QED) is 0.866. The van der Waals surface area contributed by atoms with E-state index in [2.05, 4.69) is 26.1 Å². The zero-order chi connectivity index (χ0) is 14.4. The number of aromatic nitrogens is 2. The lowest BCUT2D eigenvalue weighted by atomic mass is 10.1. The van der Waals surface area contributed by atoms with E-state index in [1.165, 1.54) is 4.90 Å². The van der Waals surface area contributed by atoms with E-state index in [0.29, 0.717) is 22.9 Å². The summed E-state index contributed by atoms with van der Waals surface area (Å²) in [6, 6.07) is 5.22. The molecular formula is C12H7BrClN3O3. The number of carboxylic acids is 1. The van der Waals surface area contributed by atoms with Gasteiger partial charge < -0.3 is 5.11 Å². The number of carbonyl (C=O) groups is 2. The number of benzene rings is 1. The van der Waals surface area contributed by atoms with E-state index in [9.17, 15) is 9.59 Å². The lowest BCUT2D eigenvalue weighted by Crippen LogP contribution is -2.24. The first-order valence-electron chi connectivity index (χ1n) is 5.57. The van der Waals surface area contributed by atoms with Gasteiger partial charge in [0.15, 0.2) is 5.69 Å². The summed E-state index contributed by atoms with van der Waals surface area (Å²) in [5.74, 6) is -1.16. The standard InChI is InChI=1S/C12H7BrClN3O3/c13-8-9(12(19)20)15-16-10(8)17-4-5-2-1-3-6(14)7(5)11(17)18/h1-3H,4H2,(H,15,16)(H,19,20). The van der Waals surface area contributed by atoms with Crippen LogP contribution in [0.25, 0.3) is 0 Å². The fourth-order valence-corrected chi connectivity index (χ4v) is 2.97. The van der Waals surface area contributed by atoms with Crippen molar-refractivity contribution in [2.45, 2.75) is 6.54 Å². The first-order chi connectivity index (χ1) is 9.50. The number of hydrogen-bond acceptors (Lipinski definition) is 3. The molecular weight excluding hydrogens is 350 g/mol. The van der Waals surface area contributed by atoms with Crippen molar-refractivity contribution >= 4 is 45.2 Å². The molecule has 1 aromatic carbocycles. The van der Waals surface area contributed by atoms with Crippen molar-refractivity contribution in [3.8, 4) is 0 Å². The number of H-pyrrole nitrogens is 1. The number of nitrogens with one attached hydrogen (secondary N) is 1. The minimum Gasteiger partial charge on any atom is -0.476 e. The molecule has 0 radical (unpaired) electrons. The fraction of sp³-hybridized carbons (Fsp3) is 0.0833. The number of rotatable bonds is 2. The van der Waals surface area contributed by atoms with Gasteiger partial charge in [0.1, 0.15) is 5.82 Å². The third kappa shape index (κ3) is 1.82. The number of halogens is 2. The Labute approximate surface area is 126 Å². The van der Waals surface area contributed by atoms with Crippen molar-refractivity contribution in [1.29, 1.82) is 0 Å². The Morgan fingerprint density at radius 1 is 1.50 bits per heavy atom. The average molecular weight is 357 g/mol. The van der Waals surface area contributed by atoms with Crippen LogP contribution in [0.15, 0.2) is 22.7 Å². The lowest BCUT2D eigenvalue weighted by Gasteiger charge is -2.13. The Morgan fingerprint density at radius 2 is 2.25 bits per heavy atom. The van der Waals surface area contributed by atoms with Crippen LogP contribution in [0, 0.1) is 0 Å². The van der Waals surface area contributed by atoms with Gasteiger partial charge in [0.05, 0.1) is 21.6 Å². The SMILES string of the molecule is O=C(O)c1n[nH]c(N2Cc3cccc(Cl)c3C2=O)c1Br. The normalized spacial score (nSPS) is 13.7. The number of carbonyl (C=O) groups excluding carboxylic acids is 1. The predicted molar refractivity (Wildman–Crippen MR) is 75.2 cm³/mol. The third-order valence-corrected chi connectivity index (χ3v) is 4.12. The second-order valence-electron chi connectivity index (χ2n) is 4.21. The van der Waals surface area contributed by atoms with Crippen LogP contribution < -0.4 is 4.90 Å². The van der Waals surface area contributed by atoms with Crippen molar-refractivity contribution < 1.29 is 14.7 Å². The van der Waals surface area contributed by atoms with Crippen molar-refractivity contribution in [3.63, 3.8) is 0 Å². The average Bonchev–Trinajstić information content (AvgIpc) is 2.91. The number of aromatic carboxylic acids is 1. The maximum Gasteiger partial charge on any atom is 0.357 e. The van der Waals surface area contributed by atoms with Crippen molar-refractivity contribution in [1.82, 2.24) is 10.2 Å². The predicted octanol–water partition coefficient (Wildman–Crippen LogP) is 2.68. The topological polar surface area (TPSA) is 86.3 Å². The molecule has 2 N–H and O–H groups in total. The van der Waals surface area contributed by atoms with Crippen LogP contribution in [-0.4, -0.2) is 27.2 Å². The summed E-state index contributed by atoms with van der Waals surface area (Å²) in [7, 11) is 0. The van der Waals surface area contributed by atoms with Crippen LogP contribution in [0.4, 0.5) is 5.82 Å². The summed E-state index contributed by atoms with van der Waals surface area (Å²) in [5.41, 5.74) is 1.06. The number of carboxylic acid groups (broad SMARTS) is 1. The summed E-state index contributed by atoms with van der Waals surface area (Å²) in [6.45, 7) is 0.314. The highest BCUT2D eigenvalue weighted by Gasteiger charge is 2.33. The number of hydrogen-bond donors (Lipinski definition) is 2. The molecule has 0 saturated heterocycles. The summed E-state index contributed by atoms with van der Waals surface area (Å²) < 4.78 is 0.238. The van der Waals surface area contributed by atoms with Gasteiger partial charge in [-0.25, -0.2) is 4.79 Å². The van der Waals surface area contributed by atoms with E-state index in [1.54, 1.807) is 12.1 Å². The van der Waals surface area contributed by atoms with Gasteiger partial charge in [-0.15, -0.1) is 0 Å². The van der Waals surface area contributed by atoms with E-state index in [-0.39, 0.29) is 16.1 Å². The van der Waals surface area contributed by atoms with E-state index in [0.717, 1.165) is 5.56 Å². The van der Waals surface area contributed by atoms with Gasteiger partial charge in [0.2, 0.25) is 0 Å². The molecule has 6 nitrogen and oxygen atoms in total. The first-order valence-corrected chi connectivity index (χ1v) is 6.74. The van der Waals surface area contributed by atoms with Crippen LogP contribution >= 0.6 is 27.5 Å². The summed E-state index contributed by atoms with van der Waals surface area (Å²) in [4.78, 5) is 24.7. The Balaban J connectivity index is 2.05. The van der Waals surface area contributed by atoms with Gasteiger partial charge in [0, 0.05) is 0 Å². The molecule has 3 rings (SSSR count). The molecule has 2 heterocycles. The molecule has 0 unspecified atom stereocenters. The van der Waals surface area contributed by atoms with Crippen molar-refractivity contribution in [3.05, 3.63) is 44.5 Å². The monoisotopic (exact) mass is 355 g/mol. The number of anilines is 1. The van der Waals surface area contributed by atoms with Crippen LogP contribution in [0.2, 0.25) is 5.02 Å². The minimum absolute atomic E-state index is 0.171. The largest absolute Gasteiger partial charge is 0.476 e. The molecule has 0 bridgehead atoms.